The first kappa shape index (κ1) is 13.0. The van der Waals surface area contributed by atoms with E-state index in [1.807, 2.05) is 0 Å². The zero-order valence-electron chi connectivity index (χ0n) is 10.9. The number of nitrogens with one attached hydrogen (secondary N) is 2. The minimum Gasteiger partial charge on any atom is -0.394 e. The normalized spacial score (nSPS) is 26.2. The number of nitrogens with two attached hydrogens (primary N) is 1. The van der Waals surface area contributed by atoms with Crippen LogP contribution in [0.2, 0.25) is 0 Å². The molecule has 3 rings (SSSR count). The van der Waals surface area contributed by atoms with Gasteiger partial charge < -0.3 is 20.9 Å². The van der Waals surface area contributed by atoms with Crippen LogP contribution in [-0.4, -0.2) is 50.4 Å². The molecule has 0 aliphatic carbocycles. The molecular weight excluding hydrogens is 264 g/mol. The number of hydrogen-bond donors (Lipinski definition) is 4. The average Bonchev–Trinajstić information content (AvgIpc) is 3.01. The molecule has 1 saturated heterocycles. The monoisotopic (exact) mass is 280 g/mol. The van der Waals surface area contributed by atoms with E-state index in [1.165, 1.54) is 6.33 Å². The van der Waals surface area contributed by atoms with Gasteiger partial charge in [0.1, 0.15) is 6.23 Å². The molecule has 0 amide bonds. The molecule has 20 heavy (non-hydrogen) atoms. The topological polar surface area (TPSA) is 131 Å². The van der Waals surface area contributed by atoms with Gasteiger partial charge in [0, 0.05) is 19.5 Å². The van der Waals surface area contributed by atoms with E-state index >= 15 is 0 Å². The molecule has 3 atom stereocenters. The molecular formula is C11H16N6O3. The van der Waals surface area contributed by atoms with Crippen molar-refractivity contribution in [3.05, 3.63) is 16.7 Å². The summed E-state index contributed by atoms with van der Waals surface area (Å²) in [5, 5.41) is 12.0. The lowest BCUT2D eigenvalue weighted by Gasteiger charge is -2.13. The Labute approximate surface area is 113 Å². The van der Waals surface area contributed by atoms with Gasteiger partial charge in [0.05, 0.1) is 19.0 Å². The second kappa shape index (κ2) is 4.85. The van der Waals surface area contributed by atoms with E-state index < -0.39 is 6.10 Å². The number of H-pyrrole nitrogens is 1. The second-order valence-corrected chi connectivity index (χ2v) is 4.70. The zero-order valence-corrected chi connectivity index (χ0v) is 10.9. The molecule has 0 spiro atoms. The number of aromatic nitrogens is 4. The Bertz CT molecular complexity index is 680. The summed E-state index contributed by atoms with van der Waals surface area (Å²) in [6, 6.07) is -0.256. The highest BCUT2D eigenvalue weighted by atomic mass is 16.5. The summed E-state index contributed by atoms with van der Waals surface area (Å²) in [7, 11) is 1.66. The first-order valence-corrected chi connectivity index (χ1v) is 6.30. The van der Waals surface area contributed by atoms with Crippen molar-refractivity contribution in [2.24, 2.45) is 5.73 Å². The molecule has 2 aromatic rings. The highest BCUT2D eigenvalue weighted by molar-refractivity contribution is 5.70. The molecule has 0 saturated carbocycles. The van der Waals surface area contributed by atoms with Gasteiger partial charge in [0.15, 0.2) is 11.2 Å². The smallest absolute Gasteiger partial charge is 0.280 e. The summed E-state index contributed by atoms with van der Waals surface area (Å²) in [6.07, 6.45) is 1.23. The van der Waals surface area contributed by atoms with E-state index in [4.69, 9.17) is 10.5 Å². The van der Waals surface area contributed by atoms with Crippen molar-refractivity contribution in [2.45, 2.75) is 24.8 Å². The number of aliphatic hydroxyl groups excluding tert-OH is 1. The van der Waals surface area contributed by atoms with Gasteiger partial charge in [-0.15, -0.1) is 0 Å². The predicted molar refractivity (Wildman–Crippen MR) is 71.3 cm³/mol. The molecule has 1 aliphatic rings. The van der Waals surface area contributed by atoms with Crippen molar-refractivity contribution in [3.63, 3.8) is 0 Å². The van der Waals surface area contributed by atoms with Crippen LogP contribution in [0.1, 0.15) is 12.6 Å². The van der Waals surface area contributed by atoms with Crippen molar-refractivity contribution < 1.29 is 9.84 Å². The van der Waals surface area contributed by atoms with Gasteiger partial charge in [0.2, 0.25) is 5.95 Å². The standard InChI is InChI=1S/C11H16N6O3/c1-13-11-15-9-8(10(19)16-11)14-4-17(9)7-2-5(12)6(3-18)20-7/h4-7,18H,2-3,12H2,1H3,(H2,13,15,16,19)/t5-,6+,7+/m0/s1. The third-order valence-corrected chi connectivity index (χ3v) is 3.44. The van der Waals surface area contributed by atoms with Crippen molar-refractivity contribution >= 4 is 17.1 Å². The largest absolute Gasteiger partial charge is 0.394 e. The maximum Gasteiger partial charge on any atom is 0.280 e. The number of imidazole rings is 1. The van der Waals surface area contributed by atoms with E-state index in [1.54, 1.807) is 11.6 Å². The van der Waals surface area contributed by atoms with Crippen LogP contribution in [0.15, 0.2) is 11.1 Å². The SMILES string of the molecule is CNc1nc2c(ncn2[C@H]2C[C@H](N)[C@@H](CO)O2)c(=O)[nH]1. The van der Waals surface area contributed by atoms with Crippen LogP contribution in [0.3, 0.4) is 0 Å². The van der Waals surface area contributed by atoms with Gasteiger partial charge in [0.25, 0.3) is 5.56 Å². The lowest BCUT2D eigenvalue weighted by atomic mass is 10.1. The molecule has 3 heterocycles. The van der Waals surface area contributed by atoms with E-state index in [9.17, 15) is 9.90 Å². The molecule has 9 heteroatoms. The summed E-state index contributed by atoms with van der Waals surface area (Å²) < 4.78 is 7.33. The molecule has 0 bridgehead atoms. The number of hydrogen-bond acceptors (Lipinski definition) is 7. The number of rotatable bonds is 3. The van der Waals surface area contributed by atoms with E-state index in [0.717, 1.165) is 0 Å². The Hall–Kier alpha value is -1.97. The number of aromatic amines is 1. The van der Waals surface area contributed by atoms with Gasteiger partial charge in [-0.25, -0.2) is 4.98 Å². The van der Waals surface area contributed by atoms with Gasteiger partial charge in [-0.3, -0.25) is 14.3 Å². The predicted octanol–water partition coefficient (Wildman–Crippen LogP) is -1.23. The van der Waals surface area contributed by atoms with E-state index in [2.05, 4.69) is 20.3 Å². The van der Waals surface area contributed by atoms with Crippen LogP contribution in [0.25, 0.3) is 11.2 Å². The Morgan fingerprint density at radius 1 is 1.70 bits per heavy atom. The molecule has 1 fully saturated rings. The fraction of sp³-hybridized carbons (Fsp3) is 0.545. The minimum atomic E-state index is -0.414. The Balaban J connectivity index is 2.05. The van der Waals surface area contributed by atoms with Crippen molar-refractivity contribution in [1.82, 2.24) is 19.5 Å². The lowest BCUT2D eigenvalue weighted by Crippen LogP contribution is -2.32. The van der Waals surface area contributed by atoms with Crippen LogP contribution < -0.4 is 16.6 Å². The number of anilines is 1. The number of aliphatic hydroxyl groups is 1. The van der Waals surface area contributed by atoms with Crippen molar-refractivity contribution in [3.8, 4) is 0 Å². The summed E-state index contributed by atoms with van der Waals surface area (Å²) in [5.74, 6) is 0.352. The first-order valence-electron chi connectivity index (χ1n) is 6.30. The Kier molecular flexibility index (Phi) is 3.16. The molecule has 9 nitrogen and oxygen atoms in total. The van der Waals surface area contributed by atoms with Crippen molar-refractivity contribution in [1.29, 1.82) is 0 Å². The Morgan fingerprint density at radius 3 is 3.15 bits per heavy atom. The number of ether oxygens (including phenoxy) is 1. The third kappa shape index (κ3) is 1.96. The first-order chi connectivity index (χ1) is 9.63. The van der Waals surface area contributed by atoms with Gasteiger partial charge >= 0.3 is 0 Å². The number of nitrogens with zero attached hydrogens (tertiary/aromatic N) is 3. The highest BCUT2D eigenvalue weighted by Gasteiger charge is 2.34. The second-order valence-electron chi connectivity index (χ2n) is 4.70. The zero-order chi connectivity index (χ0) is 14.3. The van der Waals surface area contributed by atoms with E-state index in [-0.39, 0.29) is 30.0 Å². The summed E-state index contributed by atoms with van der Waals surface area (Å²) in [5.41, 5.74) is 6.25. The molecule has 1 aliphatic heterocycles. The maximum atomic E-state index is 11.9. The van der Waals surface area contributed by atoms with Crippen LogP contribution in [0.4, 0.5) is 5.95 Å². The molecule has 0 radical (unpaired) electrons. The fourth-order valence-corrected chi connectivity index (χ4v) is 2.36. The van der Waals surface area contributed by atoms with Crippen LogP contribution in [-0.2, 0) is 4.74 Å². The molecule has 108 valence electrons. The lowest BCUT2D eigenvalue weighted by molar-refractivity contribution is -0.0233. The highest BCUT2D eigenvalue weighted by Crippen LogP contribution is 2.29. The van der Waals surface area contributed by atoms with Gasteiger partial charge in [-0.05, 0) is 0 Å². The van der Waals surface area contributed by atoms with Gasteiger partial charge in [-0.2, -0.15) is 4.98 Å². The van der Waals surface area contributed by atoms with Crippen LogP contribution in [0.5, 0.6) is 0 Å². The van der Waals surface area contributed by atoms with Crippen molar-refractivity contribution in [2.75, 3.05) is 19.0 Å². The quantitative estimate of drug-likeness (QED) is 0.553. The molecule has 2 aromatic heterocycles. The molecule has 0 aromatic carbocycles. The average molecular weight is 280 g/mol. The number of fused-ring (bicyclic) bond motifs is 1. The molecule has 0 unspecified atom stereocenters. The minimum absolute atomic E-state index is 0.139. The van der Waals surface area contributed by atoms with Gasteiger partial charge in [-0.1, -0.05) is 0 Å². The van der Waals surface area contributed by atoms with E-state index in [0.29, 0.717) is 18.0 Å². The molecule has 5 N–H and O–H groups in total. The summed E-state index contributed by atoms with van der Waals surface area (Å²) in [4.78, 5) is 22.8. The van der Waals surface area contributed by atoms with Crippen LogP contribution in [0, 0.1) is 0 Å². The fourth-order valence-electron chi connectivity index (χ4n) is 2.36. The summed E-state index contributed by atoms with van der Waals surface area (Å²) >= 11 is 0. The maximum absolute atomic E-state index is 11.9. The van der Waals surface area contributed by atoms with Crippen LogP contribution >= 0.6 is 0 Å². The Morgan fingerprint density at radius 2 is 2.50 bits per heavy atom. The third-order valence-electron chi connectivity index (χ3n) is 3.44. The summed E-state index contributed by atoms with van der Waals surface area (Å²) in [6.45, 7) is -0.139.